The summed E-state index contributed by atoms with van der Waals surface area (Å²) >= 11 is 0. The molecular weight excluding hydrogens is 228 g/mol. The van der Waals surface area contributed by atoms with Crippen LogP contribution in [0, 0.1) is 0 Å². The second-order valence-corrected chi connectivity index (χ2v) is 5.25. The summed E-state index contributed by atoms with van der Waals surface area (Å²) in [4.78, 5) is 10.2. The van der Waals surface area contributed by atoms with Gasteiger partial charge in [0.05, 0.1) is 12.2 Å². The number of nitrogen functional groups attached to an aromatic ring is 1. The van der Waals surface area contributed by atoms with E-state index in [-0.39, 0.29) is 5.60 Å². The molecule has 4 nitrogen and oxygen atoms in total. The monoisotopic (exact) mass is 250 g/mol. The van der Waals surface area contributed by atoms with Crippen LogP contribution in [0.25, 0.3) is 0 Å². The Labute approximate surface area is 109 Å². The molecule has 0 radical (unpaired) electrons. The lowest BCUT2D eigenvalue weighted by molar-refractivity contribution is -0.109. The first-order valence-corrected chi connectivity index (χ1v) is 6.10. The van der Waals surface area contributed by atoms with Crippen LogP contribution in [0.3, 0.4) is 0 Å². The Balaban J connectivity index is 2.72. The summed E-state index contributed by atoms with van der Waals surface area (Å²) in [6, 6.07) is 5.79. The van der Waals surface area contributed by atoms with E-state index in [1.54, 1.807) is 0 Å². The Morgan fingerprint density at radius 3 is 2.67 bits per heavy atom. The molecule has 0 unspecified atom stereocenters. The highest BCUT2D eigenvalue weighted by Gasteiger charge is 2.12. The minimum Gasteiger partial charge on any atom is -0.399 e. The van der Waals surface area contributed by atoms with Gasteiger partial charge in [-0.05, 0) is 50.5 Å². The average molecular weight is 250 g/mol. The van der Waals surface area contributed by atoms with Gasteiger partial charge in [0.15, 0.2) is 0 Å². The minimum absolute atomic E-state index is 0.167. The van der Waals surface area contributed by atoms with Crippen molar-refractivity contribution in [1.29, 1.82) is 0 Å². The van der Waals surface area contributed by atoms with Crippen LogP contribution >= 0.6 is 0 Å². The minimum atomic E-state index is -0.167. The second kappa shape index (κ2) is 6.40. The Morgan fingerprint density at radius 2 is 2.06 bits per heavy atom. The third-order valence-electron chi connectivity index (χ3n) is 2.51. The predicted molar refractivity (Wildman–Crippen MR) is 73.2 cm³/mol. The van der Waals surface area contributed by atoms with Crippen LogP contribution in [-0.2, 0) is 22.6 Å². The highest BCUT2D eigenvalue weighted by atomic mass is 16.5. The number of anilines is 1. The van der Waals surface area contributed by atoms with E-state index in [9.17, 15) is 4.79 Å². The molecule has 3 N–H and O–H groups in total. The van der Waals surface area contributed by atoms with Crippen molar-refractivity contribution in [3.63, 3.8) is 0 Å². The average Bonchev–Trinajstić information content (AvgIpc) is 2.27. The largest absolute Gasteiger partial charge is 0.399 e. The van der Waals surface area contributed by atoms with Crippen LogP contribution in [-0.4, -0.2) is 18.6 Å². The Kier molecular flexibility index (Phi) is 5.16. The van der Waals surface area contributed by atoms with Gasteiger partial charge in [-0.25, -0.2) is 0 Å². The van der Waals surface area contributed by atoms with Crippen LogP contribution in [0.15, 0.2) is 18.2 Å². The Hall–Kier alpha value is -1.55. The van der Waals surface area contributed by atoms with Crippen molar-refractivity contribution >= 4 is 12.1 Å². The fourth-order valence-electron chi connectivity index (χ4n) is 1.58. The molecule has 0 aromatic heterocycles. The summed E-state index contributed by atoms with van der Waals surface area (Å²) in [6.45, 7) is 7.24. The van der Waals surface area contributed by atoms with E-state index in [1.807, 2.05) is 39.0 Å². The lowest BCUT2D eigenvalue weighted by atomic mass is 10.0. The lowest BCUT2D eigenvalue weighted by Gasteiger charge is -2.21. The van der Waals surface area contributed by atoms with Gasteiger partial charge < -0.3 is 15.8 Å². The SMILES string of the molecule is CC(C)(C)OCc1ccc(N)cc1CCNC=O. The van der Waals surface area contributed by atoms with Crippen LogP contribution in [0.5, 0.6) is 0 Å². The van der Waals surface area contributed by atoms with Gasteiger partial charge in [-0.2, -0.15) is 0 Å². The zero-order valence-corrected chi connectivity index (χ0v) is 11.3. The molecule has 0 aliphatic rings. The normalized spacial score (nSPS) is 11.3. The standard InChI is InChI=1S/C14H22N2O2/c1-14(2,3)18-9-12-4-5-13(15)8-11(12)6-7-16-10-17/h4-5,8,10H,6-7,9,15H2,1-3H3,(H,16,17). The Bertz CT molecular complexity index is 397. The first-order valence-electron chi connectivity index (χ1n) is 6.10. The summed E-state index contributed by atoms with van der Waals surface area (Å²) in [6.07, 6.45) is 1.46. The number of nitrogens with one attached hydrogen (secondary N) is 1. The van der Waals surface area contributed by atoms with E-state index in [0.717, 1.165) is 23.2 Å². The highest BCUT2D eigenvalue weighted by Crippen LogP contribution is 2.18. The first-order chi connectivity index (χ1) is 8.42. The number of hydrogen-bond acceptors (Lipinski definition) is 3. The molecule has 0 heterocycles. The molecule has 0 fully saturated rings. The molecular formula is C14H22N2O2. The number of hydrogen-bond donors (Lipinski definition) is 2. The van der Waals surface area contributed by atoms with Crippen molar-refractivity contribution < 1.29 is 9.53 Å². The van der Waals surface area contributed by atoms with Gasteiger partial charge in [0.1, 0.15) is 0 Å². The van der Waals surface area contributed by atoms with Gasteiger partial charge in [0.2, 0.25) is 6.41 Å². The number of amides is 1. The van der Waals surface area contributed by atoms with Crippen LogP contribution in [0.1, 0.15) is 31.9 Å². The van der Waals surface area contributed by atoms with Gasteiger partial charge in [0.25, 0.3) is 0 Å². The third-order valence-corrected chi connectivity index (χ3v) is 2.51. The topological polar surface area (TPSA) is 64.3 Å². The van der Waals surface area contributed by atoms with Gasteiger partial charge in [-0.3, -0.25) is 4.79 Å². The molecule has 1 aromatic carbocycles. The molecule has 0 saturated carbocycles. The quantitative estimate of drug-likeness (QED) is 0.460. The fraction of sp³-hybridized carbons (Fsp3) is 0.500. The maximum Gasteiger partial charge on any atom is 0.207 e. The first kappa shape index (κ1) is 14.5. The smallest absolute Gasteiger partial charge is 0.207 e. The van der Waals surface area contributed by atoms with Crippen molar-refractivity contribution in [2.24, 2.45) is 0 Å². The Morgan fingerprint density at radius 1 is 1.33 bits per heavy atom. The lowest BCUT2D eigenvalue weighted by Crippen LogP contribution is -2.20. The number of nitrogens with two attached hydrogens (primary N) is 1. The summed E-state index contributed by atoms with van der Waals surface area (Å²) in [5.74, 6) is 0. The van der Waals surface area contributed by atoms with Gasteiger partial charge >= 0.3 is 0 Å². The summed E-state index contributed by atoms with van der Waals surface area (Å²) in [5.41, 5.74) is 8.58. The molecule has 0 atom stereocenters. The zero-order valence-electron chi connectivity index (χ0n) is 11.3. The molecule has 1 rings (SSSR count). The molecule has 0 saturated heterocycles. The molecule has 18 heavy (non-hydrogen) atoms. The van der Waals surface area contributed by atoms with E-state index in [2.05, 4.69) is 5.32 Å². The number of ether oxygens (including phenoxy) is 1. The van der Waals surface area contributed by atoms with Crippen LogP contribution in [0.4, 0.5) is 5.69 Å². The molecule has 1 amide bonds. The molecule has 1 aromatic rings. The molecule has 100 valence electrons. The highest BCUT2D eigenvalue weighted by molar-refractivity contribution is 5.47. The van der Waals surface area contributed by atoms with E-state index in [1.165, 1.54) is 0 Å². The number of benzene rings is 1. The van der Waals surface area contributed by atoms with E-state index < -0.39 is 0 Å². The second-order valence-electron chi connectivity index (χ2n) is 5.25. The van der Waals surface area contributed by atoms with Crippen molar-refractivity contribution in [1.82, 2.24) is 5.32 Å². The van der Waals surface area contributed by atoms with Crippen molar-refractivity contribution in [3.8, 4) is 0 Å². The summed E-state index contributed by atoms with van der Waals surface area (Å²) in [5, 5.41) is 2.65. The predicted octanol–water partition coefficient (Wildman–Crippen LogP) is 1.87. The van der Waals surface area contributed by atoms with Crippen LogP contribution < -0.4 is 11.1 Å². The van der Waals surface area contributed by atoms with Crippen molar-refractivity contribution in [2.75, 3.05) is 12.3 Å². The van der Waals surface area contributed by atoms with Crippen LogP contribution in [0.2, 0.25) is 0 Å². The van der Waals surface area contributed by atoms with Gasteiger partial charge in [-0.15, -0.1) is 0 Å². The van der Waals surface area contributed by atoms with E-state index in [4.69, 9.17) is 10.5 Å². The van der Waals surface area contributed by atoms with E-state index >= 15 is 0 Å². The molecule has 4 heteroatoms. The van der Waals surface area contributed by atoms with Gasteiger partial charge in [-0.1, -0.05) is 6.07 Å². The van der Waals surface area contributed by atoms with Crippen molar-refractivity contribution in [2.45, 2.75) is 39.4 Å². The third kappa shape index (κ3) is 5.19. The summed E-state index contributed by atoms with van der Waals surface area (Å²) < 4.78 is 5.77. The molecule has 0 bridgehead atoms. The van der Waals surface area contributed by atoms with E-state index in [0.29, 0.717) is 19.6 Å². The molecule has 0 spiro atoms. The van der Waals surface area contributed by atoms with Crippen molar-refractivity contribution in [3.05, 3.63) is 29.3 Å². The maximum atomic E-state index is 10.2. The number of carbonyl (C=O) groups is 1. The zero-order chi connectivity index (χ0) is 13.6. The number of carbonyl (C=O) groups excluding carboxylic acids is 1. The number of rotatable bonds is 6. The maximum absolute atomic E-state index is 10.2. The molecule has 0 aliphatic carbocycles. The molecule has 0 aliphatic heterocycles. The van der Waals surface area contributed by atoms with Gasteiger partial charge in [0, 0.05) is 12.2 Å². The fourth-order valence-corrected chi connectivity index (χ4v) is 1.58. The summed E-state index contributed by atoms with van der Waals surface area (Å²) in [7, 11) is 0.